The molecule has 0 unspecified atom stereocenters. The van der Waals surface area contributed by atoms with E-state index < -0.39 is 0 Å². The fourth-order valence-electron chi connectivity index (χ4n) is 3.85. The van der Waals surface area contributed by atoms with Gasteiger partial charge in [0.2, 0.25) is 0 Å². The maximum absolute atomic E-state index is 10.9. The summed E-state index contributed by atoms with van der Waals surface area (Å²) in [6, 6.07) is 14.3. The minimum Gasteiger partial charge on any atom is -0.497 e. The van der Waals surface area contributed by atoms with Crippen molar-refractivity contribution in [2.75, 3.05) is 12.8 Å². The molecule has 0 saturated heterocycles. The summed E-state index contributed by atoms with van der Waals surface area (Å²) >= 11 is 0. The zero-order valence-corrected chi connectivity index (χ0v) is 18.0. The molecule has 0 amide bonds. The minimum absolute atomic E-state index is 0.410. The molecule has 2 aromatic heterocycles. The summed E-state index contributed by atoms with van der Waals surface area (Å²) < 4.78 is 5.30. The number of fused-ring (bicyclic) bond motifs is 3. The van der Waals surface area contributed by atoms with Crippen molar-refractivity contribution in [1.82, 2.24) is 9.97 Å². The van der Waals surface area contributed by atoms with Crippen LogP contribution in [0.25, 0.3) is 27.9 Å². The quantitative estimate of drug-likeness (QED) is 0.272. The number of ether oxygens (including phenoxy) is 1. The number of pyridine rings is 2. The van der Waals surface area contributed by atoms with Gasteiger partial charge in [0, 0.05) is 17.0 Å². The lowest BCUT2D eigenvalue weighted by Crippen LogP contribution is -1.99. The Balaban J connectivity index is 1.70. The fraction of sp³-hybridized carbons (Fsp3) is 0.192. The molecule has 2 aromatic carbocycles. The van der Waals surface area contributed by atoms with E-state index >= 15 is 0 Å². The number of carbonyl (C=O) groups is 1. The third-order valence-corrected chi connectivity index (χ3v) is 5.55. The lowest BCUT2D eigenvalue weighted by Gasteiger charge is -2.10. The molecule has 5 heteroatoms. The summed E-state index contributed by atoms with van der Waals surface area (Å²) in [5.74, 6) is 1.29. The number of benzene rings is 2. The fourth-order valence-corrected chi connectivity index (χ4v) is 3.85. The highest BCUT2D eigenvalue weighted by Crippen LogP contribution is 2.29. The van der Waals surface area contributed by atoms with Gasteiger partial charge in [0.15, 0.2) is 5.82 Å². The molecular formula is C26H25N3O2. The van der Waals surface area contributed by atoms with E-state index in [2.05, 4.69) is 35.1 Å². The topological polar surface area (TPSA) is 78.1 Å². The van der Waals surface area contributed by atoms with Crippen LogP contribution in [0.5, 0.6) is 5.75 Å². The van der Waals surface area contributed by atoms with Crippen LogP contribution < -0.4 is 10.5 Å². The highest BCUT2D eigenvalue weighted by Gasteiger charge is 2.10. The molecule has 0 aliphatic heterocycles. The lowest BCUT2D eigenvalue weighted by atomic mass is 9.99. The summed E-state index contributed by atoms with van der Waals surface area (Å²) in [5, 5.41) is 1.99. The smallest absolute Gasteiger partial charge is 0.150 e. The van der Waals surface area contributed by atoms with Crippen molar-refractivity contribution < 1.29 is 9.53 Å². The van der Waals surface area contributed by atoms with Gasteiger partial charge < -0.3 is 10.5 Å². The first-order valence-electron chi connectivity index (χ1n) is 10.2. The first kappa shape index (κ1) is 20.5. The van der Waals surface area contributed by atoms with Crippen molar-refractivity contribution in [3.63, 3.8) is 0 Å². The predicted octanol–water partition coefficient (Wildman–Crippen LogP) is 5.07. The van der Waals surface area contributed by atoms with Crippen LogP contribution in [-0.4, -0.2) is 23.4 Å². The molecule has 156 valence electrons. The Kier molecular flexibility index (Phi) is 5.67. The SMILES string of the molecule is COc1ccc(CCc2cnc3c(N)nc4cc(/C=C(\C)C=O)ccc4c3c2)c(C)c1. The predicted molar refractivity (Wildman–Crippen MR) is 126 cm³/mol. The van der Waals surface area contributed by atoms with Gasteiger partial charge in [0.1, 0.15) is 17.6 Å². The highest BCUT2D eigenvalue weighted by atomic mass is 16.5. The van der Waals surface area contributed by atoms with Crippen LogP contribution in [0, 0.1) is 6.92 Å². The first-order valence-corrected chi connectivity index (χ1v) is 10.2. The standard InChI is InChI=1S/C26H25N3O2/c1-16(15-30)10-18-5-9-22-23-12-19(14-28-25(23)26(27)29-24(22)13-18)4-6-20-7-8-21(31-3)11-17(20)2/h5,7-15H,4,6H2,1-3H3,(H2,27,29)/b16-10+. The van der Waals surface area contributed by atoms with E-state index in [4.69, 9.17) is 10.5 Å². The lowest BCUT2D eigenvalue weighted by molar-refractivity contribution is -0.104. The summed E-state index contributed by atoms with van der Waals surface area (Å²) in [4.78, 5) is 20.1. The van der Waals surface area contributed by atoms with Crippen LogP contribution in [0.2, 0.25) is 0 Å². The molecule has 4 aromatic rings. The second kappa shape index (κ2) is 8.56. The molecule has 4 rings (SSSR count). The summed E-state index contributed by atoms with van der Waals surface area (Å²) in [5.41, 5.74) is 13.0. The summed E-state index contributed by atoms with van der Waals surface area (Å²) in [6.45, 7) is 3.88. The monoisotopic (exact) mass is 411 g/mol. The molecule has 0 aliphatic carbocycles. The number of carbonyl (C=O) groups excluding carboxylic acids is 1. The second-order valence-corrected chi connectivity index (χ2v) is 7.81. The van der Waals surface area contributed by atoms with Crippen LogP contribution >= 0.6 is 0 Å². The largest absolute Gasteiger partial charge is 0.497 e. The van der Waals surface area contributed by atoms with Crippen LogP contribution in [0.1, 0.15) is 29.2 Å². The van der Waals surface area contributed by atoms with Crippen LogP contribution in [0.3, 0.4) is 0 Å². The molecule has 0 bridgehead atoms. The van der Waals surface area contributed by atoms with Gasteiger partial charge in [-0.1, -0.05) is 18.2 Å². The van der Waals surface area contributed by atoms with Crippen LogP contribution in [-0.2, 0) is 17.6 Å². The van der Waals surface area contributed by atoms with Crippen LogP contribution in [0.4, 0.5) is 5.82 Å². The molecule has 2 heterocycles. The number of anilines is 1. The minimum atomic E-state index is 0.410. The molecule has 0 fully saturated rings. The summed E-state index contributed by atoms with van der Waals surface area (Å²) in [6.07, 6.45) is 6.35. The third-order valence-electron chi connectivity index (χ3n) is 5.55. The number of methoxy groups -OCH3 is 1. The van der Waals surface area contributed by atoms with E-state index in [0.717, 1.165) is 52.3 Å². The van der Waals surface area contributed by atoms with Gasteiger partial charge in [-0.3, -0.25) is 9.78 Å². The molecular weight excluding hydrogens is 386 g/mol. The average Bonchev–Trinajstić information content (AvgIpc) is 2.78. The molecule has 0 spiro atoms. The van der Waals surface area contributed by atoms with Crippen molar-refractivity contribution in [2.24, 2.45) is 0 Å². The van der Waals surface area contributed by atoms with Gasteiger partial charge in [-0.15, -0.1) is 0 Å². The number of aromatic nitrogens is 2. The van der Waals surface area contributed by atoms with E-state index in [-0.39, 0.29) is 0 Å². The van der Waals surface area contributed by atoms with Crippen molar-refractivity contribution in [3.8, 4) is 5.75 Å². The normalized spacial score (nSPS) is 11.8. The average molecular weight is 412 g/mol. The Hall–Kier alpha value is -3.73. The van der Waals surface area contributed by atoms with Crippen molar-refractivity contribution >= 4 is 40.0 Å². The van der Waals surface area contributed by atoms with Gasteiger partial charge in [0.05, 0.1) is 12.6 Å². The van der Waals surface area contributed by atoms with E-state index in [1.807, 2.05) is 36.5 Å². The maximum atomic E-state index is 10.9. The number of hydrogen-bond donors (Lipinski definition) is 1. The van der Waals surface area contributed by atoms with Crippen molar-refractivity contribution in [3.05, 3.63) is 76.5 Å². The van der Waals surface area contributed by atoms with Crippen molar-refractivity contribution in [1.29, 1.82) is 0 Å². The van der Waals surface area contributed by atoms with Gasteiger partial charge >= 0.3 is 0 Å². The Morgan fingerprint density at radius 2 is 1.94 bits per heavy atom. The van der Waals surface area contributed by atoms with Gasteiger partial charge in [-0.05, 0) is 84.9 Å². The Morgan fingerprint density at radius 3 is 2.68 bits per heavy atom. The number of nitrogens with two attached hydrogens (primary N) is 1. The highest BCUT2D eigenvalue weighted by molar-refractivity contribution is 6.08. The van der Waals surface area contributed by atoms with Gasteiger partial charge in [-0.25, -0.2) is 4.98 Å². The summed E-state index contributed by atoms with van der Waals surface area (Å²) in [7, 11) is 1.68. The molecule has 0 atom stereocenters. The molecule has 31 heavy (non-hydrogen) atoms. The first-order chi connectivity index (χ1) is 15.0. The van der Waals surface area contributed by atoms with Crippen LogP contribution in [0.15, 0.2) is 54.2 Å². The number of aryl methyl sites for hydroxylation is 3. The Morgan fingerprint density at radius 1 is 1.10 bits per heavy atom. The van der Waals surface area contributed by atoms with Crippen molar-refractivity contribution in [2.45, 2.75) is 26.7 Å². The number of nitrogen functional groups attached to an aromatic ring is 1. The van der Waals surface area contributed by atoms with E-state index in [1.165, 1.54) is 11.1 Å². The third kappa shape index (κ3) is 4.26. The number of hydrogen-bond acceptors (Lipinski definition) is 5. The van der Waals surface area contributed by atoms with E-state index in [1.54, 1.807) is 14.0 Å². The zero-order chi connectivity index (χ0) is 22.0. The van der Waals surface area contributed by atoms with Gasteiger partial charge in [0.25, 0.3) is 0 Å². The van der Waals surface area contributed by atoms with E-state index in [0.29, 0.717) is 16.9 Å². The van der Waals surface area contributed by atoms with E-state index in [9.17, 15) is 4.79 Å². The van der Waals surface area contributed by atoms with Gasteiger partial charge in [-0.2, -0.15) is 0 Å². The molecule has 0 aliphatic rings. The maximum Gasteiger partial charge on any atom is 0.150 e. The molecule has 0 saturated carbocycles. The Bertz CT molecular complexity index is 1330. The Labute approximate surface area is 181 Å². The molecule has 5 nitrogen and oxygen atoms in total. The number of rotatable bonds is 6. The second-order valence-electron chi connectivity index (χ2n) is 7.81. The molecule has 0 radical (unpaired) electrons. The zero-order valence-electron chi connectivity index (χ0n) is 18.0. The number of allylic oxidation sites excluding steroid dienone is 1. The number of aldehydes is 1. The number of nitrogens with zero attached hydrogens (tertiary/aromatic N) is 2. The molecule has 2 N–H and O–H groups in total.